The lowest BCUT2D eigenvalue weighted by Crippen LogP contribution is -2.68. The molecule has 0 amide bonds. The zero-order valence-corrected chi connectivity index (χ0v) is 38.7. The van der Waals surface area contributed by atoms with Crippen LogP contribution >= 0.6 is 0 Å². The van der Waals surface area contributed by atoms with Crippen molar-refractivity contribution in [3.63, 3.8) is 0 Å². The fourth-order valence-electron chi connectivity index (χ4n) is 16.0. The van der Waals surface area contributed by atoms with Crippen LogP contribution in [0.1, 0.15) is 210 Å². The Hall–Kier alpha value is -0.160. The lowest BCUT2D eigenvalue weighted by Gasteiger charge is -2.67. The standard InChI is InChI=1S/C52H92N2O2/c1-33-11-19-37(20-12-33)53(38-21-13-34(2)14-22-38)45-31-47(55-51(5,6)7)43-30-28-42-46(32-48(56-52(8,9)10)44-29-27-41(45)49(43)50(42)44)54(39-23-15-35(3)16-24-39)40-25-17-36(4)18-26-40/h33-50H,11-32H2,1-10H3. The minimum Gasteiger partial charge on any atom is -0.372 e. The van der Waals surface area contributed by atoms with Crippen molar-refractivity contribution in [3.8, 4) is 0 Å². The highest BCUT2D eigenvalue weighted by Gasteiger charge is 2.63. The largest absolute Gasteiger partial charge is 0.372 e. The average molecular weight is 777 g/mol. The van der Waals surface area contributed by atoms with Crippen LogP contribution < -0.4 is 0 Å². The number of rotatable bonds is 8. The monoisotopic (exact) mass is 777 g/mol. The van der Waals surface area contributed by atoms with Gasteiger partial charge in [0.15, 0.2) is 0 Å². The van der Waals surface area contributed by atoms with Gasteiger partial charge in [0.25, 0.3) is 0 Å². The summed E-state index contributed by atoms with van der Waals surface area (Å²) < 4.78 is 14.9. The molecule has 0 bridgehead atoms. The van der Waals surface area contributed by atoms with Crippen LogP contribution in [0.2, 0.25) is 0 Å². The molecule has 0 saturated heterocycles. The summed E-state index contributed by atoms with van der Waals surface area (Å²) in [6, 6.07) is 4.52. The summed E-state index contributed by atoms with van der Waals surface area (Å²) in [5, 5.41) is 0. The van der Waals surface area contributed by atoms with Gasteiger partial charge in [-0.25, -0.2) is 0 Å². The van der Waals surface area contributed by atoms with E-state index < -0.39 is 0 Å². The minimum atomic E-state index is -0.0988. The Kier molecular flexibility index (Phi) is 13.1. The highest BCUT2D eigenvalue weighted by Crippen LogP contribution is 2.63. The molecule has 4 nitrogen and oxygen atoms in total. The fourth-order valence-corrected chi connectivity index (χ4v) is 16.0. The van der Waals surface area contributed by atoms with E-state index >= 15 is 0 Å². The summed E-state index contributed by atoms with van der Waals surface area (Å²) in [6.45, 7) is 24.3. The van der Waals surface area contributed by atoms with Gasteiger partial charge in [0.2, 0.25) is 0 Å². The molecule has 56 heavy (non-hydrogen) atoms. The van der Waals surface area contributed by atoms with Gasteiger partial charge in [0.1, 0.15) is 0 Å². The Morgan fingerprint density at radius 1 is 0.339 bits per heavy atom. The molecule has 10 atom stereocenters. The normalized spacial score (nSPS) is 47.8. The maximum absolute atomic E-state index is 7.45. The summed E-state index contributed by atoms with van der Waals surface area (Å²) in [4.78, 5) is 6.65. The van der Waals surface area contributed by atoms with Gasteiger partial charge in [-0.1, -0.05) is 27.7 Å². The van der Waals surface area contributed by atoms with E-state index in [4.69, 9.17) is 9.47 Å². The van der Waals surface area contributed by atoms with E-state index in [0.29, 0.717) is 36.1 Å². The van der Waals surface area contributed by atoms with E-state index in [9.17, 15) is 0 Å². The molecule has 10 unspecified atom stereocenters. The van der Waals surface area contributed by atoms with Crippen LogP contribution in [-0.2, 0) is 9.47 Å². The second-order valence-electron chi connectivity index (χ2n) is 24.7. The minimum absolute atomic E-state index is 0.0988. The predicted octanol–water partition coefficient (Wildman–Crippen LogP) is 13.1. The highest BCUT2D eigenvalue weighted by atomic mass is 16.5. The number of ether oxygens (including phenoxy) is 2. The van der Waals surface area contributed by atoms with E-state index in [2.05, 4.69) is 79.0 Å². The summed E-state index contributed by atoms with van der Waals surface area (Å²) in [5.74, 6) is 8.30. The molecule has 0 aromatic rings. The van der Waals surface area contributed by atoms with Gasteiger partial charge >= 0.3 is 0 Å². The van der Waals surface area contributed by atoms with Gasteiger partial charge in [-0.2, -0.15) is 0 Å². The molecule has 0 aliphatic heterocycles. The third-order valence-corrected chi connectivity index (χ3v) is 18.4. The maximum atomic E-state index is 7.45. The van der Waals surface area contributed by atoms with E-state index in [1.807, 2.05) is 0 Å². The van der Waals surface area contributed by atoms with Crippen LogP contribution in [-0.4, -0.2) is 69.5 Å². The predicted molar refractivity (Wildman–Crippen MR) is 235 cm³/mol. The number of nitrogens with zero attached hydrogens (tertiary/aromatic N) is 2. The summed E-state index contributed by atoms with van der Waals surface area (Å²) >= 11 is 0. The first-order chi connectivity index (χ1) is 26.6. The van der Waals surface area contributed by atoms with Gasteiger partial charge in [-0.15, -0.1) is 0 Å². The Morgan fingerprint density at radius 3 is 0.839 bits per heavy atom. The lowest BCUT2D eigenvalue weighted by molar-refractivity contribution is -0.233. The van der Waals surface area contributed by atoms with Crippen LogP contribution in [0, 0.1) is 59.2 Å². The first kappa shape index (κ1) is 42.5. The molecule has 0 aromatic carbocycles. The molecule has 0 N–H and O–H groups in total. The van der Waals surface area contributed by atoms with Crippen molar-refractivity contribution in [2.75, 3.05) is 0 Å². The first-order valence-corrected chi connectivity index (χ1v) is 25.5. The van der Waals surface area contributed by atoms with Crippen LogP contribution in [0.3, 0.4) is 0 Å². The Bertz CT molecular complexity index is 1100. The van der Waals surface area contributed by atoms with Crippen molar-refractivity contribution in [3.05, 3.63) is 0 Å². The third kappa shape index (κ3) is 9.20. The van der Waals surface area contributed by atoms with Crippen molar-refractivity contribution in [1.29, 1.82) is 0 Å². The quantitative estimate of drug-likeness (QED) is 0.245. The average Bonchev–Trinajstić information content (AvgIpc) is 3.14. The molecule has 8 saturated carbocycles. The fraction of sp³-hybridized carbons (Fsp3) is 1.00. The maximum Gasteiger partial charge on any atom is 0.0628 e. The van der Waals surface area contributed by atoms with Crippen LogP contribution in [0.25, 0.3) is 0 Å². The molecule has 8 fully saturated rings. The Labute approximate surface area is 347 Å². The Morgan fingerprint density at radius 2 is 0.589 bits per heavy atom. The SMILES string of the molecule is CC1CCC(N(C2CCC(C)CC2)C2CC(OC(C)(C)C)C3CCC4C5C(CCC2C35)C(OC(C)(C)C)CC4N(C2CCC(C)CC2)C2CCC(C)CC2)CC1. The van der Waals surface area contributed by atoms with Crippen molar-refractivity contribution in [2.45, 2.75) is 270 Å². The van der Waals surface area contributed by atoms with Crippen molar-refractivity contribution < 1.29 is 9.47 Å². The van der Waals surface area contributed by atoms with E-state index in [1.165, 1.54) is 141 Å². The van der Waals surface area contributed by atoms with E-state index in [0.717, 1.165) is 71.5 Å². The zero-order valence-electron chi connectivity index (χ0n) is 38.7. The number of hydrogen-bond donors (Lipinski definition) is 0. The van der Waals surface area contributed by atoms with Gasteiger partial charge in [0, 0.05) is 36.3 Å². The Balaban J connectivity index is 1.19. The van der Waals surface area contributed by atoms with Gasteiger partial charge in [0.05, 0.1) is 23.4 Å². The van der Waals surface area contributed by atoms with Crippen LogP contribution in [0.5, 0.6) is 0 Å². The first-order valence-electron chi connectivity index (χ1n) is 25.5. The molecule has 0 radical (unpaired) electrons. The second kappa shape index (κ2) is 17.3. The zero-order chi connectivity index (χ0) is 39.5. The van der Waals surface area contributed by atoms with Gasteiger partial charge in [-0.05, 0) is 242 Å². The smallest absolute Gasteiger partial charge is 0.0628 e. The number of hydrogen-bond acceptors (Lipinski definition) is 4. The summed E-state index contributed by atoms with van der Waals surface area (Å²) in [6.07, 6.45) is 32.0. The lowest BCUT2D eigenvalue weighted by atomic mass is 9.45. The van der Waals surface area contributed by atoms with Gasteiger partial charge < -0.3 is 9.47 Å². The van der Waals surface area contributed by atoms with Crippen molar-refractivity contribution in [1.82, 2.24) is 9.80 Å². The molecular weight excluding hydrogens is 685 g/mol. The molecular formula is C52H92N2O2. The molecule has 322 valence electrons. The molecule has 0 heterocycles. The molecule has 4 heteroatoms. The van der Waals surface area contributed by atoms with E-state index in [-0.39, 0.29) is 11.2 Å². The van der Waals surface area contributed by atoms with Crippen LogP contribution in [0.4, 0.5) is 0 Å². The summed E-state index contributed by atoms with van der Waals surface area (Å²) in [7, 11) is 0. The molecule has 0 aromatic heterocycles. The van der Waals surface area contributed by atoms with Gasteiger partial charge in [-0.3, -0.25) is 9.80 Å². The third-order valence-electron chi connectivity index (χ3n) is 18.4. The molecule has 8 aliphatic carbocycles. The van der Waals surface area contributed by atoms with Crippen molar-refractivity contribution >= 4 is 0 Å². The summed E-state index contributed by atoms with van der Waals surface area (Å²) in [5.41, 5.74) is -0.198. The highest BCUT2D eigenvalue weighted by molar-refractivity contribution is 5.13. The topological polar surface area (TPSA) is 24.9 Å². The van der Waals surface area contributed by atoms with Crippen LogP contribution in [0.15, 0.2) is 0 Å². The molecule has 8 rings (SSSR count). The van der Waals surface area contributed by atoms with Crippen molar-refractivity contribution in [2.24, 2.45) is 59.2 Å². The second-order valence-corrected chi connectivity index (χ2v) is 24.7. The van der Waals surface area contributed by atoms with E-state index in [1.54, 1.807) is 0 Å². The molecule has 8 aliphatic rings. The molecule has 0 spiro atoms.